The molecule has 0 fully saturated rings. The zero-order valence-corrected chi connectivity index (χ0v) is 59.0. The molecule has 0 aliphatic rings. The molecule has 5 N–H and O–H groups in total. The second-order valence-electron chi connectivity index (χ2n) is 28.7. The van der Waals surface area contributed by atoms with E-state index in [1.807, 2.05) is 0 Å². The topological polar surface area (TPSA) is 228 Å². The summed E-state index contributed by atoms with van der Waals surface area (Å²) in [5.74, 6) is -1.72. The highest BCUT2D eigenvalue weighted by atomic mass is 16.6. The van der Waals surface area contributed by atoms with Crippen molar-refractivity contribution in [2.45, 2.75) is 363 Å². The maximum atomic E-state index is 14.8. The van der Waals surface area contributed by atoms with Crippen molar-refractivity contribution in [3.05, 3.63) is 0 Å². The van der Waals surface area contributed by atoms with Crippen molar-refractivity contribution in [1.82, 2.24) is 30.7 Å². The van der Waals surface area contributed by atoms with Crippen molar-refractivity contribution in [2.75, 3.05) is 45.8 Å². The molecule has 0 aliphatic heterocycles. The van der Waals surface area contributed by atoms with Gasteiger partial charge < -0.3 is 50.4 Å². The van der Waals surface area contributed by atoms with Gasteiger partial charge in [-0.05, 0) is 122 Å². The largest absolute Gasteiger partial charge is 0.444 e. The van der Waals surface area contributed by atoms with Crippen molar-refractivity contribution in [3.8, 4) is 0 Å². The first-order valence-corrected chi connectivity index (χ1v) is 35.2. The molecule has 0 aromatic carbocycles. The first kappa shape index (κ1) is 83.5. The second-order valence-corrected chi connectivity index (χ2v) is 28.7. The number of hydrogen-bond donors (Lipinski definition) is 4. The van der Waals surface area contributed by atoms with Crippen molar-refractivity contribution in [1.29, 1.82) is 0 Å². The molecule has 1 atom stereocenters. The minimum Gasteiger partial charge on any atom is -0.444 e. The number of unbranched alkanes of at least 4 members (excludes halogenated alkanes) is 28. The Bertz CT molecular complexity index is 1820. The zero-order valence-electron chi connectivity index (χ0n) is 59.0. The molecule has 0 saturated heterocycles. The molecular weight excluding hydrogens is 1110 g/mol. The standard InChI is InChI=1S/C70H135N7O11/c1-15-17-19-21-23-25-27-29-31-33-35-37-39-41-43-48-58(49-44-42-40-38-36-34-32-30-28-26-24-22-20-18-16-2)77(57-60(71)78)61(79)56-74-62(80)59(76(66(84)88-70(12,13)14)55-47-52-73-64(82)86-68(6,7)8)50-45-53-75(65(83)87-69(9,10)11)54-46-51-72-63(81)85-67(3,4)5/h58-59H,15-57H2,1-14H3,(H2,71,78)(H,72,81)(H,73,82)(H,74,80)/t59-/m0/s1. The lowest BCUT2D eigenvalue weighted by molar-refractivity contribution is -0.139. The van der Waals surface area contributed by atoms with Gasteiger partial charge >= 0.3 is 24.4 Å². The number of carbonyl (C=O) groups is 7. The molecule has 0 heterocycles. The number of nitrogens with zero attached hydrogens (tertiary/aromatic N) is 3. The van der Waals surface area contributed by atoms with Crippen LogP contribution in [-0.4, -0.2) is 137 Å². The molecule has 18 heteroatoms. The van der Waals surface area contributed by atoms with Crippen LogP contribution in [0.15, 0.2) is 0 Å². The molecule has 0 saturated carbocycles. The van der Waals surface area contributed by atoms with E-state index in [9.17, 15) is 33.6 Å². The maximum Gasteiger partial charge on any atom is 0.410 e. The summed E-state index contributed by atoms with van der Waals surface area (Å²) in [6, 6.07) is -1.47. The van der Waals surface area contributed by atoms with Gasteiger partial charge in [-0.1, -0.05) is 206 Å². The van der Waals surface area contributed by atoms with Gasteiger partial charge in [-0.2, -0.15) is 0 Å². The van der Waals surface area contributed by atoms with Gasteiger partial charge in [0.2, 0.25) is 17.7 Å². The summed E-state index contributed by atoms with van der Waals surface area (Å²) >= 11 is 0. The Labute approximate surface area is 537 Å². The fourth-order valence-corrected chi connectivity index (χ4v) is 10.7. The molecule has 0 aliphatic carbocycles. The number of alkyl carbamates (subject to hydrolysis) is 2. The predicted octanol–water partition coefficient (Wildman–Crippen LogP) is 16.8. The molecule has 0 spiro atoms. The Morgan fingerprint density at radius 2 is 0.705 bits per heavy atom. The van der Waals surface area contributed by atoms with E-state index in [4.69, 9.17) is 24.7 Å². The SMILES string of the molecule is CCCCCCCCCCCCCCCCCC(CCCCCCCCCCCCCCCCC)N(CC(N)=O)C(=O)CNC(=O)[C@H](CCCN(CCCNC(=O)OC(C)(C)C)C(=O)OC(C)(C)C)N(CCCNC(=O)OC(C)(C)C)C(=O)OC(C)(C)C. The number of carbonyl (C=O) groups excluding carboxylic acids is 7. The van der Waals surface area contributed by atoms with Gasteiger partial charge in [0.05, 0.1) is 13.1 Å². The number of amides is 7. The summed E-state index contributed by atoms with van der Waals surface area (Å²) in [7, 11) is 0. The molecule has 0 unspecified atom stereocenters. The van der Waals surface area contributed by atoms with Crippen molar-refractivity contribution in [2.24, 2.45) is 5.73 Å². The third kappa shape index (κ3) is 50.3. The van der Waals surface area contributed by atoms with Gasteiger partial charge in [-0.3, -0.25) is 19.3 Å². The number of primary amides is 1. The third-order valence-corrected chi connectivity index (χ3v) is 15.2. The average molecular weight is 1250 g/mol. The lowest BCUT2D eigenvalue weighted by atomic mass is 9.98. The molecule has 7 amide bonds. The highest BCUT2D eigenvalue weighted by molar-refractivity contribution is 5.91. The summed E-state index contributed by atoms with van der Waals surface area (Å²) < 4.78 is 22.5. The molecule has 0 aromatic rings. The smallest absolute Gasteiger partial charge is 0.410 e. The van der Waals surface area contributed by atoms with Crippen LogP contribution < -0.4 is 21.7 Å². The lowest BCUT2D eigenvalue weighted by Crippen LogP contribution is -2.54. The number of hydrogen-bond acceptors (Lipinski definition) is 11. The minimum absolute atomic E-state index is 0.0280. The Balaban J connectivity index is 6.58. The van der Waals surface area contributed by atoms with Gasteiger partial charge in [0.25, 0.3) is 0 Å². The summed E-state index contributed by atoms with van der Waals surface area (Å²) in [5, 5.41) is 8.30. The Morgan fingerprint density at radius 1 is 0.375 bits per heavy atom. The lowest BCUT2D eigenvalue weighted by Gasteiger charge is -2.34. The number of nitrogens with one attached hydrogen (secondary N) is 3. The molecule has 516 valence electrons. The highest BCUT2D eigenvalue weighted by Crippen LogP contribution is 2.23. The van der Waals surface area contributed by atoms with E-state index in [1.165, 1.54) is 164 Å². The van der Waals surface area contributed by atoms with Gasteiger partial charge in [-0.15, -0.1) is 0 Å². The molecule has 0 rings (SSSR count). The summed E-state index contributed by atoms with van der Waals surface area (Å²) in [5.41, 5.74) is 2.71. The van der Waals surface area contributed by atoms with E-state index in [2.05, 4.69) is 29.8 Å². The Kier molecular flexibility index (Phi) is 46.7. The molecule has 0 aromatic heterocycles. The van der Waals surface area contributed by atoms with Gasteiger partial charge in [-0.25, -0.2) is 19.2 Å². The van der Waals surface area contributed by atoms with Crippen LogP contribution in [0.2, 0.25) is 0 Å². The zero-order chi connectivity index (χ0) is 66.3. The van der Waals surface area contributed by atoms with Crippen LogP contribution in [0.5, 0.6) is 0 Å². The van der Waals surface area contributed by atoms with Crippen LogP contribution in [0.3, 0.4) is 0 Å². The maximum absolute atomic E-state index is 14.8. The minimum atomic E-state index is -1.21. The summed E-state index contributed by atoms with van der Waals surface area (Å²) in [6.07, 6.45) is 36.9. The first-order chi connectivity index (χ1) is 41.5. The summed E-state index contributed by atoms with van der Waals surface area (Å²) in [6.45, 7) is 25.4. The number of nitrogens with two attached hydrogens (primary N) is 1. The fraction of sp³-hybridized carbons (Fsp3) is 0.900. The quantitative estimate of drug-likeness (QED) is 0.0331. The van der Waals surface area contributed by atoms with Crippen molar-refractivity contribution >= 4 is 42.1 Å². The van der Waals surface area contributed by atoms with Gasteiger partial charge in [0.1, 0.15) is 28.4 Å². The van der Waals surface area contributed by atoms with E-state index < -0.39 is 77.1 Å². The number of rotatable bonds is 51. The van der Waals surface area contributed by atoms with Crippen LogP contribution in [0, 0.1) is 0 Å². The van der Waals surface area contributed by atoms with E-state index in [1.54, 1.807) is 88.0 Å². The van der Waals surface area contributed by atoms with Crippen molar-refractivity contribution in [3.63, 3.8) is 0 Å². The molecule has 88 heavy (non-hydrogen) atoms. The van der Waals surface area contributed by atoms with E-state index in [0.717, 1.165) is 38.5 Å². The third-order valence-electron chi connectivity index (χ3n) is 15.2. The predicted molar refractivity (Wildman–Crippen MR) is 358 cm³/mol. The monoisotopic (exact) mass is 1250 g/mol. The normalized spacial score (nSPS) is 12.3. The Morgan fingerprint density at radius 3 is 1.06 bits per heavy atom. The summed E-state index contributed by atoms with van der Waals surface area (Å²) in [4.78, 5) is 99.7. The highest BCUT2D eigenvalue weighted by Gasteiger charge is 2.35. The van der Waals surface area contributed by atoms with Gasteiger partial charge in [0, 0.05) is 38.8 Å². The second kappa shape index (κ2) is 49.2. The molecule has 0 bridgehead atoms. The van der Waals surface area contributed by atoms with Crippen LogP contribution in [0.25, 0.3) is 0 Å². The van der Waals surface area contributed by atoms with E-state index in [-0.39, 0.29) is 64.6 Å². The average Bonchev–Trinajstić information content (AvgIpc) is 3.47. The number of ether oxygens (including phenoxy) is 4. The first-order valence-electron chi connectivity index (χ1n) is 35.2. The Hall–Kier alpha value is -4.51. The fourth-order valence-electron chi connectivity index (χ4n) is 10.7. The molecular formula is C70H135N7O11. The van der Waals surface area contributed by atoms with Crippen LogP contribution in [0.4, 0.5) is 19.2 Å². The van der Waals surface area contributed by atoms with Crippen molar-refractivity contribution < 1.29 is 52.5 Å². The van der Waals surface area contributed by atoms with Gasteiger partial charge in [0.15, 0.2) is 0 Å². The van der Waals surface area contributed by atoms with E-state index >= 15 is 0 Å². The van der Waals surface area contributed by atoms with Crippen LogP contribution >= 0.6 is 0 Å². The van der Waals surface area contributed by atoms with Crippen LogP contribution in [0.1, 0.15) is 328 Å². The molecule has 18 nitrogen and oxygen atoms in total. The van der Waals surface area contributed by atoms with E-state index in [0.29, 0.717) is 19.3 Å². The molecule has 0 radical (unpaired) electrons. The van der Waals surface area contributed by atoms with Crippen LogP contribution in [-0.2, 0) is 33.3 Å².